The molecule has 72 valence electrons. The lowest BCUT2D eigenvalue weighted by atomic mass is 10.1. The van der Waals surface area contributed by atoms with Crippen molar-refractivity contribution in [2.75, 3.05) is 0 Å². The Kier molecular flexibility index (Phi) is 2.60. The summed E-state index contributed by atoms with van der Waals surface area (Å²) in [6.07, 6.45) is -1.92. The summed E-state index contributed by atoms with van der Waals surface area (Å²) in [7, 11) is -2.57. The van der Waals surface area contributed by atoms with Crippen LogP contribution in [0.15, 0.2) is 23.8 Å². The molecule has 0 atom stereocenters. The minimum absolute atomic E-state index is 0.241. The zero-order valence-electron chi connectivity index (χ0n) is 6.30. The van der Waals surface area contributed by atoms with Gasteiger partial charge in [0, 0.05) is 12.0 Å². The summed E-state index contributed by atoms with van der Waals surface area (Å²) in [6, 6.07) is 0. The molecule has 0 spiro atoms. The van der Waals surface area contributed by atoms with Crippen LogP contribution >= 0.6 is 0 Å². The largest absolute Gasteiger partial charge is 0.413 e. The molecule has 0 aromatic carbocycles. The van der Waals surface area contributed by atoms with Crippen molar-refractivity contribution in [3.05, 3.63) is 23.8 Å². The van der Waals surface area contributed by atoms with E-state index in [1.54, 1.807) is 0 Å². The molecule has 0 bridgehead atoms. The molecule has 0 aromatic heterocycles. The highest BCUT2D eigenvalue weighted by Gasteiger charge is 2.34. The molecule has 0 aromatic rings. The van der Waals surface area contributed by atoms with Crippen molar-refractivity contribution in [1.82, 2.24) is 0 Å². The first-order valence-electron chi connectivity index (χ1n) is 3.31. The van der Waals surface area contributed by atoms with Gasteiger partial charge in [0.05, 0.1) is 4.86 Å². The van der Waals surface area contributed by atoms with Crippen molar-refractivity contribution in [3.8, 4) is 0 Å². The van der Waals surface area contributed by atoms with Crippen LogP contribution < -0.4 is 0 Å². The molecule has 0 radical (unpaired) electrons. The summed E-state index contributed by atoms with van der Waals surface area (Å²) < 4.78 is 56.9. The van der Waals surface area contributed by atoms with Crippen LogP contribution in [0.1, 0.15) is 6.42 Å². The summed E-state index contributed by atoms with van der Waals surface area (Å²) in [5.74, 6) is 0. The first-order valence-corrected chi connectivity index (χ1v) is 4.38. The summed E-state index contributed by atoms with van der Waals surface area (Å²) in [4.78, 5) is -0.241. The summed E-state index contributed by atoms with van der Waals surface area (Å²) in [5.41, 5.74) is -0.839. The molecule has 0 N–H and O–H groups in total. The maximum atomic E-state index is 12.1. The first kappa shape index (κ1) is 10.0. The third-order valence-corrected chi connectivity index (χ3v) is 2.23. The molecular weight excluding hydrogens is 205 g/mol. The molecule has 13 heavy (non-hydrogen) atoms. The zero-order valence-corrected chi connectivity index (χ0v) is 7.11. The Balaban J connectivity index is 3.05. The lowest BCUT2D eigenvalue weighted by Crippen LogP contribution is -2.16. The van der Waals surface area contributed by atoms with Crippen molar-refractivity contribution in [2.45, 2.75) is 12.6 Å². The number of hydrogen-bond acceptors (Lipinski definition) is 2. The lowest BCUT2D eigenvalue weighted by Gasteiger charge is -2.12. The highest BCUT2D eigenvalue weighted by atomic mass is 32.2. The van der Waals surface area contributed by atoms with E-state index in [1.807, 2.05) is 0 Å². The van der Waals surface area contributed by atoms with Gasteiger partial charge in [0.25, 0.3) is 0 Å². The highest BCUT2D eigenvalue weighted by molar-refractivity contribution is 7.73. The number of halogens is 3. The average Bonchev–Trinajstić information content (AvgIpc) is 2.03. The van der Waals surface area contributed by atoms with E-state index in [0.29, 0.717) is 0 Å². The van der Waals surface area contributed by atoms with Gasteiger partial charge >= 0.3 is 6.18 Å². The normalized spacial score (nSPS) is 17.2. The fraction of sp³-hybridized carbons (Fsp3) is 0.286. The second-order valence-corrected chi connectivity index (χ2v) is 3.42. The van der Waals surface area contributed by atoms with E-state index < -0.39 is 28.5 Å². The highest BCUT2D eigenvalue weighted by Crippen LogP contribution is 2.29. The van der Waals surface area contributed by atoms with Crippen LogP contribution in [0.5, 0.6) is 0 Å². The van der Waals surface area contributed by atoms with Gasteiger partial charge in [-0.3, -0.25) is 0 Å². The standard InChI is InChI=1S/C7H5F3O2S/c8-7(9,10)5-2-1-3-6(4-5)13(11)12/h1-3H,4H2. The van der Waals surface area contributed by atoms with Crippen LogP contribution in [0.3, 0.4) is 0 Å². The molecule has 0 saturated carbocycles. The van der Waals surface area contributed by atoms with Crippen LogP contribution in [0.2, 0.25) is 0 Å². The minimum atomic E-state index is -4.45. The molecule has 0 saturated heterocycles. The molecule has 1 rings (SSSR count). The van der Waals surface area contributed by atoms with Crippen molar-refractivity contribution >= 4 is 15.2 Å². The monoisotopic (exact) mass is 210 g/mol. The fourth-order valence-corrected chi connectivity index (χ4v) is 1.35. The molecule has 0 heterocycles. The van der Waals surface area contributed by atoms with Gasteiger partial charge in [0.2, 0.25) is 10.3 Å². The Morgan fingerprint density at radius 2 is 1.92 bits per heavy atom. The molecule has 1 aliphatic carbocycles. The fourth-order valence-electron chi connectivity index (χ4n) is 0.886. The Hall–Kier alpha value is -1.04. The molecule has 1 aliphatic rings. The Bertz CT molecular complexity index is 390. The number of allylic oxidation sites excluding steroid dienone is 4. The summed E-state index contributed by atoms with van der Waals surface area (Å²) >= 11 is 0. The van der Waals surface area contributed by atoms with Gasteiger partial charge in [0.1, 0.15) is 0 Å². The molecule has 0 aliphatic heterocycles. The van der Waals surface area contributed by atoms with Gasteiger partial charge in [-0.25, -0.2) is 0 Å². The van der Waals surface area contributed by atoms with Gasteiger partial charge in [-0.1, -0.05) is 12.2 Å². The third kappa shape index (κ3) is 2.45. The first-order chi connectivity index (χ1) is 5.91. The Morgan fingerprint density at radius 3 is 2.38 bits per heavy atom. The molecular formula is C7H5F3O2S. The van der Waals surface area contributed by atoms with E-state index in [0.717, 1.165) is 18.2 Å². The number of rotatable bonds is 0. The van der Waals surface area contributed by atoms with E-state index in [-0.39, 0.29) is 4.86 Å². The predicted octanol–water partition coefficient (Wildman–Crippen LogP) is 1.49. The van der Waals surface area contributed by atoms with Crippen molar-refractivity contribution in [1.29, 1.82) is 0 Å². The van der Waals surface area contributed by atoms with Crippen molar-refractivity contribution in [3.63, 3.8) is 0 Å². The van der Waals surface area contributed by atoms with Gasteiger partial charge < -0.3 is 0 Å². The van der Waals surface area contributed by atoms with Gasteiger partial charge in [-0.2, -0.15) is 21.6 Å². The van der Waals surface area contributed by atoms with E-state index in [9.17, 15) is 21.6 Å². The SMILES string of the molecule is O=S(=O)=C1C=CC=C(C(F)(F)F)C1. The van der Waals surface area contributed by atoms with Crippen LogP contribution in [0.25, 0.3) is 0 Å². The zero-order chi connectivity index (χ0) is 10.1. The number of hydrogen-bond donors (Lipinski definition) is 0. The average molecular weight is 210 g/mol. The van der Waals surface area contributed by atoms with Crippen molar-refractivity contribution in [2.24, 2.45) is 0 Å². The van der Waals surface area contributed by atoms with E-state index in [1.165, 1.54) is 0 Å². The second kappa shape index (κ2) is 3.37. The Labute approximate surface area is 73.9 Å². The molecule has 0 unspecified atom stereocenters. The van der Waals surface area contributed by atoms with Crippen LogP contribution in [-0.4, -0.2) is 19.5 Å². The van der Waals surface area contributed by atoms with E-state index in [2.05, 4.69) is 0 Å². The van der Waals surface area contributed by atoms with Gasteiger partial charge in [-0.05, 0) is 6.08 Å². The minimum Gasteiger partial charge on any atom is -0.184 e. The topological polar surface area (TPSA) is 34.1 Å². The van der Waals surface area contributed by atoms with Crippen LogP contribution in [-0.2, 0) is 10.3 Å². The predicted molar refractivity (Wildman–Crippen MR) is 41.8 cm³/mol. The number of alkyl halides is 3. The molecule has 0 amide bonds. The second-order valence-electron chi connectivity index (χ2n) is 2.43. The maximum absolute atomic E-state index is 12.1. The lowest BCUT2D eigenvalue weighted by molar-refractivity contribution is -0.0924. The van der Waals surface area contributed by atoms with Gasteiger partial charge in [-0.15, -0.1) is 0 Å². The smallest absolute Gasteiger partial charge is 0.184 e. The van der Waals surface area contributed by atoms with Crippen LogP contribution in [0, 0.1) is 0 Å². The quantitative estimate of drug-likeness (QED) is 0.567. The molecule has 0 fully saturated rings. The Morgan fingerprint density at radius 1 is 1.31 bits per heavy atom. The molecule has 6 heteroatoms. The summed E-state index contributed by atoms with van der Waals surface area (Å²) in [6.45, 7) is 0. The van der Waals surface area contributed by atoms with Crippen molar-refractivity contribution < 1.29 is 21.6 Å². The van der Waals surface area contributed by atoms with E-state index >= 15 is 0 Å². The summed E-state index contributed by atoms with van der Waals surface area (Å²) in [5, 5.41) is 0. The maximum Gasteiger partial charge on any atom is 0.413 e. The van der Waals surface area contributed by atoms with Crippen LogP contribution in [0.4, 0.5) is 13.2 Å². The van der Waals surface area contributed by atoms with E-state index in [4.69, 9.17) is 0 Å². The van der Waals surface area contributed by atoms with Gasteiger partial charge in [0.15, 0.2) is 0 Å². The third-order valence-electron chi connectivity index (χ3n) is 1.52. The molecule has 2 nitrogen and oxygen atoms in total.